The van der Waals surface area contributed by atoms with Crippen LogP contribution in [0.5, 0.6) is 0 Å². The molecule has 0 fully saturated rings. The molecule has 4 N–H and O–H groups in total. The molecule has 6 heteroatoms. The SMILES string of the molecule is NC(=O)c1n[nH]c2ccc(C(=O)O)cc12. The summed E-state index contributed by atoms with van der Waals surface area (Å²) in [4.78, 5) is 21.7. The van der Waals surface area contributed by atoms with Gasteiger partial charge < -0.3 is 10.8 Å². The number of carboxylic acid groups (broad SMARTS) is 1. The Hall–Kier alpha value is -2.37. The van der Waals surface area contributed by atoms with E-state index in [1.165, 1.54) is 18.2 Å². The summed E-state index contributed by atoms with van der Waals surface area (Å²) < 4.78 is 0. The average Bonchev–Trinajstić information content (AvgIpc) is 2.59. The van der Waals surface area contributed by atoms with Gasteiger partial charge in [0.15, 0.2) is 5.69 Å². The number of hydrogen-bond acceptors (Lipinski definition) is 3. The number of hydrogen-bond donors (Lipinski definition) is 3. The Morgan fingerprint density at radius 3 is 2.73 bits per heavy atom. The van der Waals surface area contributed by atoms with Gasteiger partial charge in [-0.3, -0.25) is 9.89 Å². The Morgan fingerprint density at radius 1 is 1.40 bits per heavy atom. The van der Waals surface area contributed by atoms with Crippen LogP contribution in [0, 0.1) is 0 Å². The molecule has 0 aliphatic heterocycles. The number of nitrogens with two attached hydrogens (primary N) is 1. The first-order chi connectivity index (χ1) is 7.09. The van der Waals surface area contributed by atoms with Gasteiger partial charge in [0.25, 0.3) is 5.91 Å². The highest BCUT2D eigenvalue weighted by Gasteiger charge is 2.12. The molecule has 2 rings (SSSR count). The van der Waals surface area contributed by atoms with E-state index in [1.54, 1.807) is 0 Å². The second kappa shape index (κ2) is 3.09. The maximum Gasteiger partial charge on any atom is 0.335 e. The summed E-state index contributed by atoms with van der Waals surface area (Å²) in [5.74, 6) is -1.75. The molecule has 0 saturated heterocycles. The molecule has 0 unspecified atom stereocenters. The molecule has 0 atom stereocenters. The van der Waals surface area contributed by atoms with E-state index in [0.717, 1.165) is 0 Å². The molecule has 1 aromatic carbocycles. The van der Waals surface area contributed by atoms with Crippen molar-refractivity contribution in [1.82, 2.24) is 10.2 Å². The molecule has 0 radical (unpaired) electrons. The minimum atomic E-state index is -1.06. The lowest BCUT2D eigenvalue weighted by Gasteiger charge is -1.94. The van der Waals surface area contributed by atoms with E-state index in [-0.39, 0.29) is 11.3 Å². The van der Waals surface area contributed by atoms with E-state index >= 15 is 0 Å². The number of benzene rings is 1. The molecule has 76 valence electrons. The number of nitrogens with one attached hydrogen (secondary N) is 1. The van der Waals surface area contributed by atoms with Gasteiger partial charge >= 0.3 is 5.97 Å². The van der Waals surface area contributed by atoms with Crippen molar-refractivity contribution >= 4 is 22.8 Å². The van der Waals surface area contributed by atoms with Gasteiger partial charge in [-0.25, -0.2) is 4.79 Å². The van der Waals surface area contributed by atoms with Gasteiger partial charge in [0, 0.05) is 5.39 Å². The number of amides is 1. The zero-order valence-electron chi connectivity index (χ0n) is 7.52. The highest BCUT2D eigenvalue weighted by molar-refractivity contribution is 6.05. The van der Waals surface area contributed by atoms with Gasteiger partial charge in [-0.1, -0.05) is 0 Å². The second-order valence-electron chi connectivity index (χ2n) is 3.00. The van der Waals surface area contributed by atoms with Crippen molar-refractivity contribution in [3.63, 3.8) is 0 Å². The number of H-pyrrole nitrogens is 1. The number of primary amides is 1. The first kappa shape index (κ1) is 9.20. The van der Waals surface area contributed by atoms with Crippen LogP contribution in [-0.2, 0) is 0 Å². The minimum Gasteiger partial charge on any atom is -0.478 e. The van der Waals surface area contributed by atoms with Crippen LogP contribution >= 0.6 is 0 Å². The topological polar surface area (TPSA) is 109 Å². The Labute approximate surface area is 83.7 Å². The standard InChI is InChI=1S/C9H7N3O3/c10-8(13)7-5-3-4(9(14)15)1-2-6(5)11-12-7/h1-3H,(H2,10,13)(H,11,12)(H,14,15). The summed E-state index contributed by atoms with van der Waals surface area (Å²) in [5.41, 5.74) is 5.80. The van der Waals surface area contributed by atoms with Gasteiger partial charge in [-0.15, -0.1) is 0 Å². The van der Waals surface area contributed by atoms with Crippen molar-refractivity contribution in [3.8, 4) is 0 Å². The third kappa shape index (κ3) is 1.41. The Morgan fingerprint density at radius 2 is 2.13 bits per heavy atom. The molecular formula is C9H7N3O3. The third-order valence-corrected chi connectivity index (χ3v) is 2.04. The van der Waals surface area contributed by atoms with Crippen LogP contribution in [0.2, 0.25) is 0 Å². The second-order valence-corrected chi connectivity index (χ2v) is 3.00. The quantitative estimate of drug-likeness (QED) is 0.657. The molecule has 0 saturated carbocycles. The first-order valence-corrected chi connectivity index (χ1v) is 4.11. The summed E-state index contributed by atoms with van der Waals surface area (Å²) in [6, 6.07) is 4.33. The fourth-order valence-corrected chi connectivity index (χ4v) is 1.33. The van der Waals surface area contributed by atoms with Crippen LogP contribution in [-0.4, -0.2) is 27.2 Å². The van der Waals surface area contributed by atoms with Crippen molar-refractivity contribution in [2.24, 2.45) is 5.73 Å². The summed E-state index contributed by atoms with van der Waals surface area (Å²) in [6.45, 7) is 0. The van der Waals surface area contributed by atoms with E-state index in [2.05, 4.69) is 10.2 Å². The number of nitrogens with zero attached hydrogens (tertiary/aromatic N) is 1. The van der Waals surface area contributed by atoms with Crippen molar-refractivity contribution in [3.05, 3.63) is 29.5 Å². The molecule has 2 aromatic rings. The number of carboxylic acids is 1. The Bertz CT molecular complexity index is 559. The van der Waals surface area contributed by atoms with Crippen LogP contribution in [0.1, 0.15) is 20.8 Å². The predicted molar refractivity (Wildman–Crippen MR) is 51.6 cm³/mol. The molecule has 1 amide bonds. The molecule has 1 aromatic heterocycles. The summed E-state index contributed by atoms with van der Waals surface area (Å²) in [7, 11) is 0. The van der Waals surface area contributed by atoms with E-state index in [9.17, 15) is 9.59 Å². The number of aromatic nitrogens is 2. The number of aromatic carboxylic acids is 1. The van der Waals surface area contributed by atoms with E-state index in [1.807, 2.05) is 0 Å². The summed E-state index contributed by atoms with van der Waals surface area (Å²) in [6.07, 6.45) is 0. The minimum absolute atomic E-state index is 0.0492. The molecule has 1 heterocycles. The summed E-state index contributed by atoms with van der Waals surface area (Å²) >= 11 is 0. The zero-order valence-corrected chi connectivity index (χ0v) is 7.52. The Kier molecular flexibility index (Phi) is 1.89. The number of carbonyl (C=O) groups is 2. The molecule has 0 aliphatic rings. The van der Waals surface area contributed by atoms with Crippen molar-refractivity contribution in [2.75, 3.05) is 0 Å². The molecule has 15 heavy (non-hydrogen) atoms. The van der Waals surface area contributed by atoms with Crippen molar-refractivity contribution in [2.45, 2.75) is 0 Å². The van der Waals surface area contributed by atoms with Crippen LogP contribution < -0.4 is 5.73 Å². The molecular weight excluding hydrogens is 198 g/mol. The first-order valence-electron chi connectivity index (χ1n) is 4.11. The van der Waals surface area contributed by atoms with Gasteiger partial charge in [0.05, 0.1) is 11.1 Å². The Balaban J connectivity index is 2.72. The van der Waals surface area contributed by atoms with E-state index in [4.69, 9.17) is 10.8 Å². The lowest BCUT2D eigenvalue weighted by Crippen LogP contribution is -2.11. The van der Waals surface area contributed by atoms with E-state index < -0.39 is 11.9 Å². The van der Waals surface area contributed by atoms with E-state index in [0.29, 0.717) is 10.9 Å². The highest BCUT2D eigenvalue weighted by Crippen LogP contribution is 2.17. The number of aromatic amines is 1. The molecule has 0 bridgehead atoms. The van der Waals surface area contributed by atoms with Crippen LogP contribution in [0.3, 0.4) is 0 Å². The van der Waals surface area contributed by atoms with Gasteiger partial charge in [-0.2, -0.15) is 5.10 Å². The average molecular weight is 205 g/mol. The fraction of sp³-hybridized carbons (Fsp3) is 0. The third-order valence-electron chi connectivity index (χ3n) is 2.04. The predicted octanol–water partition coefficient (Wildman–Crippen LogP) is 0.360. The molecule has 0 aliphatic carbocycles. The van der Waals surface area contributed by atoms with Gasteiger partial charge in [0.2, 0.25) is 0 Å². The van der Waals surface area contributed by atoms with Crippen molar-refractivity contribution in [1.29, 1.82) is 0 Å². The fourth-order valence-electron chi connectivity index (χ4n) is 1.33. The van der Waals surface area contributed by atoms with Crippen LogP contribution in [0.25, 0.3) is 10.9 Å². The lowest BCUT2D eigenvalue weighted by atomic mass is 10.1. The lowest BCUT2D eigenvalue weighted by molar-refractivity contribution is 0.0696. The van der Waals surface area contributed by atoms with Crippen molar-refractivity contribution < 1.29 is 14.7 Å². The number of rotatable bonds is 2. The smallest absolute Gasteiger partial charge is 0.335 e. The molecule has 0 spiro atoms. The maximum absolute atomic E-state index is 10.9. The summed E-state index contributed by atoms with van der Waals surface area (Å²) in [5, 5.41) is 15.5. The largest absolute Gasteiger partial charge is 0.478 e. The maximum atomic E-state index is 10.9. The number of fused-ring (bicyclic) bond motifs is 1. The van der Waals surface area contributed by atoms with Gasteiger partial charge in [0.1, 0.15) is 0 Å². The monoisotopic (exact) mass is 205 g/mol. The molecule has 6 nitrogen and oxygen atoms in total. The highest BCUT2D eigenvalue weighted by atomic mass is 16.4. The normalized spacial score (nSPS) is 10.4. The zero-order chi connectivity index (χ0) is 11.0. The number of carbonyl (C=O) groups excluding carboxylic acids is 1. The van der Waals surface area contributed by atoms with Crippen LogP contribution in [0.15, 0.2) is 18.2 Å². The van der Waals surface area contributed by atoms with Crippen LogP contribution in [0.4, 0.5) is 0 Å². The van der Waals surface area contributed by atoms with Gasteiger partial charge in [-0.05, 0) is 18.2 Å².